The van der Waals surface area contributed by atoms with E-state index in [1.54, 1.807) is 0 Å². The Kier molecular flexibility index (Phi) is 50.0. The van der Waals surface area contributed by atoms with Gasteiger partial charge in [0, 0.05) is 19.3 Å². The molecule has 0 aromatic carbocycles. The maximum Gasteiger partial charge on any atom is 0.306 e. The Morgan fingerprint density at radius 3 is 1.03 bits per heavy atom. The van der Waals surface area contributed by atoms with Crippen molar-refractivity contribution < 1.29 is 28.6 Å². The van der Waals surface area contributed by atoms with Gasteiger partial charge in [-0.25, -0.2) is 0 Å². The number of rotatable bonds is 47. The summed E-state index contributed by atoms with van der Waals surface area (Å²) in [7, 11) is 0. The SMILES string of the molecule is CC/C=C/C/C=C/C/C=C/C/C=C/C/C=C/C/C=C/CCC(=O)OC[C@@H](COC(=O)CCCCCCC/C=C/CCCCCC)OC(=O)CCCCCCCCC/C=C/CCCCCC. The van der Waals surface area contributed by atoms with Crippen molar-refractivity contribution in [3.63, 3.8) is 0 Å². The fraction of sp³-hybridized carbons (Fsp3) is 0.678. The smallest absolute Gasteiger partial charge is 0.306 e. The van der Waals surface area contributed by atoms with E-state index in [0.717, 1.165) is 89.9 Å². The third-order valence-electron chi connectivity index (χ3n) is 11.1. The molecule has 0 fully saturated rings. The topological polar surface area (TPSA) is 78.9 Å². The van der Waals surface area contributed by atoms with Crippen LogP contribution in [0.25, 0.3) is 0 Å². The molecule has 0 unspecified atom stereocenters. The van der Waals surface area contributed by atoms with Gasteiger partial charge in [0.15, 0.2) is 6.10 Å². The quantitative estimate of drug-likeness (QED) is 0.0262. The van der Waals surface area contributed by atoms with Gasteiger partial charge in [0.2, 0.25) is 0 Å². The highest BCUT2D eigenvalue weighted by Crippen LogP contribution is 2.13. The van der Waals surface area contributed by atoms with E-state index in [-0.39, 0.29) is 37.5 Å². The number of hydrogen-bond acceptors (Lipinski definition) is 6. The summed E-state index contributed by atoms with van der Waals surface area (Å²) in [5.74, 6) is -1.01. The number of ether oxygens (including phenoxy) is 3. The van der Waals surface area contributed by atoms with Gasteiger partial charge in [0.05, 0.1) is 0 Å². The van der Waals surface area contributed by atoms with E-state index in [2.05, 4.69) is 112 Å². The van der Waals surface area contributed by atoms with Crippen molar-refractivity contribution in [2.45, 2.75) is 245 Å². The van der Waals surface area contributed by atoms with Gasteiger partial charge in [-0.3, -0.25) is 14.4 Å². The largest absolute Gasteiger partial charge is 0.462 e. The molecule has 0 aromatic heterocycles. The summed E-state index contributed by atoms with van der Waals surface area (Å²) in [6.45, 7) is 6.42. The molecule has 1 atom stereocenters. The third-order valence-corrected chi connectivity index (χ3v) is 11.1. The minimum Gasteiger partial charge on any atom is -0.462 e. The van der Waals surface area contributed by atoms with Crippen molar-refractivity contribution in [2.75, 3.05) is 13.2 Å². The minimum atomic E-state index is -0.814. The van der Waals surface area contributed by atoms with Gasteiger partial charge in [-0.1, -0.05) is 208 Å². The van der Waals surface area contributed by atoms with Gasteiger partial charge in [-0.15, -0.1) is 0 Å². The number of carbonyl (C=O) groups is 3. The van der Waals surface area contributed by atoms with Gasteiger partial charge < -0.3 is 14.2 Å². The molecule has 6 heteroatoms. The first-order valence-corrected chi connectivity index (χ1v) is 26.7. The average Bonchev–Trinajstić information content (AvgIpc) is 3.30. The normalized spacial score (nSPS) is 12.8. The Bertz CT molecular complexity index is 1310. The molecule has 0 heterocycles. The number of allylic oxidation sites excluding steroid dienone is 16. The molecule has 65 heavy (non-hydrogen) atoms. The molecular formula is C59H98O6. The Hall–Kier alpha value is -3.67. The molecule has 0 aliphatic heterocycles. The van der Waals surface area contributed by atoms with E-state index >= 15 is 0 Å². The first-order valence-electron chi connectivity index (χ1n) is 26.7. The van der Waals surface area contributed by atoms with E-state index in [1.165, 1.54) is 103 Å². The summed E-state index contributed by atoms with van der Waals surface area (Å²) in [5, 5.41) is 0. The fourth-order valence-electron chi connectivity index (χ4n) is 7.04. The summed E-state index contributed by atoms with van der Waals surface area (Å²) in [5.41, 5.74) is 0. The van der Waals surface area contributed by atoms with E-state index < -0.39 is 6.10 Å². The van der Waals surface area contributed by atoms with Crippen molar-refractivity contribution in [2.24, 2.45) is 0 Å². The van der Waals surface area contributed by atoms with Crippen LogP contribution in [0.1, 0.15) is 239 Å². The van der Waals surface area contributed by atoms with Crippen LogP contribution in [0.5, 0.6) is 0 Å². The zero-order valence-corrected chi connectivity index (χ0v) is 42.2. The van der Waals surface area contributed by atoms with E-state index in [0.29, 0.717) is 19.3 Å². The molecule has 0 radical (unpaired) electrons. The molecule has 0 N–H and O–H groups in total. The maximum absolute atomic E-state index is 12.8. The molecule has 0 bridgehead atoms. The Morgan fingerprint density at radius 1 is 0.323 bits per heavy atom. The number of unbranched alkanes of at least 4 members (excludes halogenated alkanes) is 20. The first kappa shape index (κ1) is 61.3. The Balaban J connectivity index is 4.52. The number of carbonyl (C=O) groups excluding carboxylic acids is 3. The van der Waals surface area contributed by atoms with Crippen LogP contribution in [0.4, 0.5) is 0 Å². The molecule has 0 aliphatic carbocycles. The lowest BCUT2D eigenvalue weighted by Crippen LogP contribution is -2.30. The van der Waals surface area contributed by atoms with Crippen LogP contribution in [-0.4, -0.2) is 37.2 Å². The summed E-state index contributed by atoms with van der Waals surface area (Å²) in [6.07, 6.45) is 69.7. The minimum absolute atomic E-state index is 0.107. The van der Waals surface area contributed by atoms with Gasteiger partial charge in [0.1, 0.15) is 13.2 Å². The van der Waals surface area contributed by atoms with E-state index in [4.69, 9.17) is 14.2 Å². The summed E-state index contributed by atoms with van der Waals surface area (Å²) >= 11 is 0. The van der Waals surface area contributed by atoms with Crippen LogP contribution < -0.4 is 0 Å². The average molecular weight is 903 g/mol. The van der Waals surface area contributed by atoms with Gasteiger partial charge >= 0.3 is 17.9 Å². The molecule has 0 saturated carbocycles. The third kappa shape index (κ3) is 51.2. The maximum atomic E-state index is 12.8. The standard InChI is InChI=1S/C59H98O6/c1-4-7-10-13-16-19-22-25-27-28-29-30-32-34-37-40-43-46-49-52-58(61)64-55-56(54-63-57(60)51-48-45-42-39-36-33-24-21-18-15-12-9-6-3)65-59(62)53-50-47-44-41-38-35-31-26-23-20-17-14-11-8-5-2/h7,10,16,19-21,23-25,27,29-30,34,37,43,46,56H,4-6,8-9,11-15,17-18,22,26,28,31-33,35-36,38-42,44-45,47-55H2,1-3H3/b10-7+,19-16+,23-20+,24-21+,27-25+,30-29+,37-34+,46-43+/t56-/m1/s1. The Morgan fingerprint density at radius 2 is 0.631 bits per heavy atom. The van der Waals surface area contributed by atoms with Crippen LogP contribution in [-0.2, 0) is 28.6 Å². The fourth-order valence-corrected chi connectivity index (χ4v) is 7.04. The van der Waals surface area contributed by atoms with E-state index in [1.807, 2.05) is 6.08 Å². The van der Waals surface area contributed by atoms with Gasteiger partial charge in [-0.2, -0.15) is 0 Å². The highest BCUT2D eigenvalue weighted by Gasteiger charge is 2.19. The molecule has 0 spiro atoms. The second-order valence-corrected chi connectivity index (χ2v) is 17.4. The second kappa shape index (κ2) is 52.9. The molecule has 0 rings (SSSR count). The predicted molar refractivity (Wildman–Crippen MR) is 279 cm³/mol. The van der Waals surface area contributed by atoms with Crippen molar-refractivity contribution in [3.8, 4) is 0 Å². The molecular weight excluding hydrogens is 805 g/mol. The van der Waals surface area contributed by atoms with Gasteiger partial charge in [-0.05, 0) is 109 Å². The zero-order valence-electron chi connectivity index (χ0n) is 42.2. The summed E-state index contributed by atoms with van der Waals surface area (Å²) < 4.78 is 16.7. The molecule has 0 amide bonds. The van der Waals surface area contributed by atoms with Crippen molar-refractivity contribution >= 4 is 17.9 Å². The van der Waals surface area contributed by atoms with Crippen LogP contribution in [0.15, 0.2) is 97.2 Å². The number of esters is 3. The van der Waals surface area contributed by atoms with Crippen molar-refractivity contribution in [1.82, 2.24) is 0 Å². The molecule has 0 aliphatic rings. The number of hydrogen-bond donors (Lipinski definition) is 0. The molecule has 0 saturated heterocycles. The van der Waals surface area contributed by atoms with Crippen LogP contribution in [0, 0.1) is 0 Å². The van der Waals surface area contributed by atoms with Crippen LogP contribution in [0.3, 0.4) is 0 Å². The van der Waals surface area contributed by atoms with Crippen molar-refractivity contribution in [3.05, 3.63) is 97.2 Å². The summed E-state index contributed by atoms with van der Waals surface area (Å²) in [4.78, 5) is 38.0. The van der Waals surface area contributed by atoms with Crippen molar-refractivity contribution in [1.29, 1.82) is 0 Å². The van der Waals surface area contributed by atoms with Crippen LogP contribution >= 0.6 is 0 Å². The lowest BCUT2D eigenvalue weighted by atomic mass is 10.1. The van der Waals surface area contributed by atoms with Crippen LogP contribution in [0.2, 0.25) is 0 Å². The summed E-state index contributed by atoms with van der Waals surface area (Å²) in [6, 6.07) is 0. The van der Waals surface area contributed by atoms with Gasteiger partial charge in [0.25, 0.3) is 0 Å². The molecule has 0 aromatic rings. The highest BCUT2D eigenvalue weighted by molar-refractivity contribution is 5.71. The lowest BCUT2D eigenvalue weighted by Gasteiger charge is -2.18. The zero-order chi connectivity index (χ0) is 47.2. The van der Waals surface area contributed by atoms with E-state index in [9.17, 15) is 14.4 Å². The predicted octanol–water partition coefficient (Wildman–Crippen LogP) is 17.8. The Labute approximate surface area is 400 Å². The first-order chi connectivity index (χ1) is 32.0. The lowest BCUT2D eigenvalue weighted by molar-refractivity contribution is -0.166. The molecule has 6 nitrogen and oxygen atoms in total. The molecule has 370 valence electrons. The highest BCUT2D eigenvalue weighted by atomic mass is 16.6. The monoisotopic (exact) mass is 903 g/mol. The second-order valence-electron chi connectivity index (χ2n) is 17.4.